The third kappa shape index (κ3) is 4.84. The van der Waals surface area contributed by atoms with E-state index in [-0.39, 0.29) is 0 Å². The lowest BCUT2D eigenvalue weighted by atomic mass is 9.63. The summed E-state index contributed by atoms with van der Waals surface area (Å²) in [5.74, 6) is 1.47. The van der Waals surface area contributed by atoms with Crippen molar-refractivity contribution in [3.8, 4) is 39.7 Å². The summed E-state index contributed by atoms with van der Waals surface area (Å²) in [5, 5.41) is 5.58. The molecule has 0 aliphatic carbocycles. The first-order valence-corrected chi connectivity index (χ1v) is 21.1. The van der Waals surface area contributed by atoms with Crippen molar-refractivity contribution >= 4 is 49.3 Å². The summed E-state index contributed by atoms with van der Waals surface area (Å²) in [6.07, 6.45) is 1.89. The predicted octanol–water partition coefficient (Wildman–Crippen LogP) is 14.0. The Kier molecular flexibility index (Phi) is 7.45. The summed E-state index contributed by atoms with van der Waals surface area (Å²) in [5.41, 5.74) is 13.5. The number of fused-ring (bicyclic) bond motifs is 11. The first-order valence-electron chi connectivity index (χ1n) is 21.1. The van der Waals surface area contributed by atoms with Gasteiger partial charge in [0.15, 0.2) is 0 Å². The van der Waals surface area contributed by atoms with E-state index >= 15 is 0 Å². The number of rotatable bonds is 6. The molecule has 0 spiro atoms. The van der Waals surface area contributed by atoms with Gasteiger partial charge in [-0.2, -0.15) is 0 Å². The van der Waals surface area contributed by atoms with Crippen molar-refractivity contribution in [1.82, 2.24) is 18.9 Å². The van der Waals surface area contributed by atoms with Gasteiger partial charge in [0, 0.05) is 44.9 Å². The van der Waals surface area contributed by atoms with Gasteiger partial charge in [-0.3, -0.25) is 8.97 Å². The minimum atomic E-state index is -0.608. The molecule has 0 unspecified atom stereocenters. The Morgan fingerprint density at radius 1 is 0.435 bits per heavy atom. The molecule has 5 heteroatoms. The predicted molar refractivity (Wildman–Crippen MR) is 252 cm³/mol. The number of hydrogen-bond donors (Lipinski definition) is 0. The van der Waals surface area contributed by atoms with Crippen molar-refractivity contribution in [3.05, 3.63) is 241 Å². The molecule has 5 nitrogen and oxygen atoms in total. The van der Waals surface area contributed by atoms with Crippen LogP contribution in [-0.4, -0.2) is 18.9 Å². The summed E-state index contributed by atoms with van der Waals surface area (Å²) < 4.78 is 11.7. The Labute approximate surface area is 357 Å². The molecule has 0 saturated carbocycles. The Morgan fingerprint density at radius 2 is 1.06 bits per heavy atom. The van der Waals surface area contributed by atoms with E-state index in [9.17, 15) is 0 Å². The van der Waals surface area contributed by atoms with E-state index in [0.29, 0.717) is 0 Å². The zero-order valence-electron chi connectivity index (χ0n) is 33.5. The van der Waals surface area contributed by atoms with Gasteiger partial charge in [0.25, 0.3) is 0 Å². The minimum absolute atomic E-state index is 0.608. The highest BCUT2D eigenvalue weighted by Gasteiger charge is 2.45. The van der Waals surface area contributed by atoms with Crippen LogP contribution in [0.15, 0.2) is 219 Å². The van der Waals surface area contributed by atoms with Crippen molar-refractivity contribution in [3.63, 3.8) is 0 Å². The van der Waals surface area contributed by atoms with Gasteiger partial charge in [-0.1, -0.05) is 164 Å². The van der Waals surface area contributed by atoms with Crippen LogP contribution in [0.2, 0.25) is 0 Å². The van der Waals surface area contributed by atoms with E-state index in [4.69, 9.17) is 14.7 Å². The van der Waals surface area contributed by atoms with Crippen LogP contribution in [0.5, 0.6) is 11.5 Å². The second-order valence-corrected chi connectivity index (χ2v) is 16.1. The van der Waals surface area contributed by atoms with E-state index < -0.39 is 5.41 Å². The number of hydrogen-bond acceptors (Lipinski definition) is 3. The minimum Gasteiger partial charge on any atom is -0.457 e. The summed E-state index contributed by atoms with van der Waals surface area (Å²) in [4.78, 5) is 10.5. The van der Waals surface area contributed by atoms with Crippen LogP contribution in [0, 0.1) is 0 Å². The zero-order valence-corrected chi connectivity index (χ0v) is 33.5. The Bertz CT molecular complexity index is 3670. The molecule has 0 fully saturated rings. The number of ether oxygens (including phenoxy) is 1. The van der Waals surface area contributed by atoms with Crippen molar-refractivity contribution in [2.24, 2.45) is 0 Å². The summed E-state index contributed by atoms with van der Waals surface area (Å²) in [6, 6.07) is 75.5. The summed E-state index contributed by atoms with van der Waals surface area (Å²) in [7, 11) is 0. The van der Waals surface area contributed by atoms with Gasteiger partial charge in [0.2, 0.25) is 0 Å². The van der Waals surface area contributed by atoms with E-state index in [2.05, 4.69) is 215 Å². The van der Waals surface area contributed by atoms with Crippen LogP contribution >= 0.6 is 0 Å². The number of benzene rings is 8. The smallest absolute Gasteiger partial charge is 0.146 e. The maximum absolute atomic E-state index is 7.00. The van der Waals surface area contributed by atoms with Crippen LogP contribution in [0.4, 0.5) is 0 Å². The first kappa shape index (κ1) is 34.6. The van der Waals surface area contributed by atoms with E-state index in [1.807, 2.05) is 12.3 Å². The first-order chi connectivity index (χ1) is 30.8. The lowest BCUT2D eigenvalue weighted by Crippen LogP contribution is -2.35. The third-order valence-corrected chi connectivity index (χ3v) is 12.9. The van der Waals surface area contributed by atoms with Gasteiger partial charge >= 0.3 is 0 Å². The van der Waals surface area contributed by atoms with Crippen LogP contribution < -0.4 is 4.74 Å². The van der Waals surface area contributed by atoms with Crippen molar-refractivity contribution in [1.29, 1.82) is 0 Å². The van der Waals surface area contributed by atoms with Gasteiger partial charge in [0.05, 0.1) is 33.5 Å². The Balaban J connectivity index is 1.05. The van der Waals surface area contributed by atoms with Gasteiger partial charge in [0.1, 0.15) is 22.8 Å². The average Bonchev–Trinajstić information content (AvgIpc) is 3.92. The van der Waals surface area contributed by atoms with E-state index in [1.165, 1.54) is 22.1 Å². The standard InChI is InChI=1S/C57H36N4O/c1-5-17-37(18-6-1)52-53(38-19-7-2-8-20-38)60-50-29-14-13-25-44(50)43-32-30-41(35-47(43)56(60)59-52)62-42-31-33-48-51(36-42)61-54-45(46-27-16-34-58-55(46)61)26-15-28-49(54)57(48,39-21-9-3-10-22-39)40-23-11-4-12-24-40/h1-36H. The maximum atomic E-state index is 7.00. The highest BCUT2D eigenvalue weighted by Crippen LogP contribution is 2.54. The second kappa shape index (κ2) is 13.4. The fraction of sp³-hybridized carbons (Fsp3) is 0.0175. The largest absolute Gasteiger partial charge is 0.457 e. The monoisotopic (exact) mass is 792 g/mol. The van der Waals surface area contributed by atoms with Gasteiger partial charge < -0.3 is 4.74 Å². The number of aromatic nitrogens is 4. The van der Waals surface area contributed by atoms with Crippen molar-refractivity contribution < 1.29 is 4.74 Å². The summed E-state index contributed by atoms with van der Waals surface area (Å²) in [6.45, 7) is 0. The SMILES string of the molecule is c1ccc(-c2nc3c4cc(Oc5ccc6c(c5)-n5c7ncccc7c7cccc(c75)C6(c5ccccc5)c5ccccc5)ccc4c4ccccc4n3c2-c2ccccc2)cc1. The van der Waals surface area contributed by atoms with Gasteiger partial charge in [-0.15, -0.1) is 0 Å². The zero-order chi connectivity index (χ0) is 40.8. The molecule has 0 amide bonds. The Hall–Kier alpha value is -8.28. The molecule has 4 aromatic heterocycles. The second-order valence-electron chi connectivity index (χ2n) is 16.1. The van der Waals surface area contributed by atoms with Crippen LogP contribution in [-0.2, 0) is 5.41 Å². The van der Waals surface area contributed by atoms with E-state index in [0.717, 1.165) is 89.1 Å². The molecule has 0 atom stereocenters. The van der Waals surface area contributed by atoms with Gasteiger partial charge in [-0.05, 0) is 70.1 Å². The molecule has 8 aromatic carbocycles. The molecule has 62 heavy (non-hydrogen) atoms. The van der Waals surface area contributed by atoms with Crippen LogP contribution in [0.3, 0.4) is 0 Å². The van der Waals surface area contributed by atoms with Crippen molar-refractivity contribution in [2.45, 2.75) is 5.41 Å². The molecule has 1 aliphatic heterocycles. The fourth-order valence-electron chi connectivity index (χ4n) is 10.4. The molecule has 0 radical (unpaired) electrons. The van der Waals surface area contributed by atoms with Crippen molar-refractivity contribution in [2.75, 3.05) is 0 Å². The number of pyridine rings is 2. The molecular weight excluding hydrogens is 757 g/mol. The molecule has 0 bridgehead atoms. The number of imidazole rings is 1. The normalized spacial score (nSPS) is 13.0. The maximum Gasteiger partial charge on any atom is 0.146 e. The Morgan fingerprint density at radius 3 is 1.82 bits per heavy atom. The number of nitrogens with zero attached hydrogens (tertiary/aromatic N) is 4. The highest BCUT2D eigenvalue weighted by molar-refractivity contribution is 6.14. The summed E-state index contributed by atoms with van der Waals surface area (Å²) >= 11 is 0. The average molecular weight is 793 g/mol. The molecule has 5 heterocycles. The lowest BCUT2D eigenvalue weighted by molar-refractivity contribution is 0.482. The van der Waals surface area contributed by atoms with Crippen LogP contribution in [0.25, 0.3) is 77.5 Å². The quantitative estimate of drug-likeness (QED) is 0.158. The molecule has 290 valence electrons. The molecular formula is C57H36N4O. The fourth-order valence-corrected chi connectivity index (χ4v) is 10.4. The van der Waals surface area contributed by atoms with E-state index in [1.54, 1.807) is 0 Å². The molecule has 12 aromatic rings. The lowest BCUT2D eigenvalue weighted by Gasteiger charge is -2.41. The topological polar surface area (TPSA) is 44.3 Å². The van der Waals surface area contributed by atoms with Gasteiger partial charge in [-0.25, -0.2) is 9.97 Å². The molecule has 1 aliphatic rings. The molecule has 0 saturated heterocycles. The number of para-hydroxylation sites is 2. The highest BCUT2D eigenvalue weighted by atomic mass is 16.5. The van der Waals surface area contributed by atoms with Crippen LogP contribution in [0.1, 0.15) is 22.3 Å². The third-order valence-electron chi connectivity index (χ3n) is 12.9. The molecule has 0 N–H and O–H groups in total. The molecule has 13 rings (SSSR count).